The Hall–Kier alpha value is -2.37. The van der Waals surface area contributed by atoms with Crippen molar-refractivity contribution in [1.29, 1.82) is 0 Å². The highest BCUT2D eigenvalue weighted by atomic mass is 19.4. The maximum atomic E-state index is 12.1. The topological polar surface area (TPSA) is 99.7 Å². The Labute approximate surface area is 121 Å². The van der Waals surface area contributed by atoms with Crippen molar-refractivity contribution in [2.24, 2.45) is 0 Å². The molecule has 0 saturated carbocycles. The average molecular weight is 324 g/mol. The summed E-state index contributed by atoms with van der Waals surface area (Å²) in [7, 11) is 1.14. The lowest BCUT2D eigenvalue weighted by molar-refractivity contribution is -0.389. The highest BCUT2D eigenvalue weighted by Crippen LogP contribution is 2.31. The minimum absolute atomic E-state index is 0.0234. The van der Waals surface area contributed by atoms with Gasteiger partial charge in [-0.25, -0.2) is 4.79 Å². The monoisotopic (exact) mass is 324 g/mol. The van der Waals surface area contributed by atoms with Crippen LogP contribution in [0.25, 0.3) is 0 Å². The standard InChI is InChI=1S/C10H11F3N4O5/c1-9(4-15(2)22-7(18)10(11,12)13)5-16-3-6(17(19)20)14-8(16)21-9/h3H,4-5H2,1-2H3. The fourth-order valence-electron chi connectivity index (χ4n) is 2.06. The number of hydrogen-bond donors (Lipinski definition) is 0. The van der Waals surface area contributed by atoms with Crippen LogP contribution in [0.2, 0.25) is 0 Å². The summed E-state index contributed by atoms with van der Waals surface area (Å²) in [4.78, 5) is 28.3. The molecule has 1 aliphatic heterocycles. The first-order chi connectivity index (χ1) is 10.00. The summed E-state index contributed by atoms with van der Waals surface area (Å²) in [5.74, 6) is -2.74. The van der Waals surface area contributed by atoms with Gasteiger partial charge in [-0.05, 0) is 11.8 Å². The van der Waals surface area contributed by atoms with E-state index in [0.717, 1.165) is 13.2 Å². The summed E-state index contributed by atoms with van der Waals surface area (Å²) in [6.45, 7) is 1.47. The van der Waals surface area contributed by atoms with E-state index in [0.29, 0.717) is 5.06 Å². The third-order valence-electron chi connectivity index (χ3n) is 2.78. The number of alkyl halides is 3. The Morgan fingerprint density at radius 3 is 2.82 bits per heavy atom. The first kappa shape index (κ1) is 16.0. The Bertz CT molecular complexity index is 591. The molecule has 12 heteroatoms. The number of carbonyl (C=O) groups is 1. The van der Waals surface area contributed by atoms with Gasteiger partial charge in [0.15, 0.2) is 0 Å². The molecule has 0 N–H and O–H groups in total. The first-order valence-electron chi connectivity index (χ1n) is 5.91. The second-order valence-electron chi connectivity index (χ2n) is 4.98. The van der Waals surface area contributed by atoms with Crippen LogP contribution in [0.1, 0.15) is 6.92 Å². The summed E-state index contributed by atoms with van der Waals surface area (Å²) in [6.07, 6.45) is -3.94. The van der Waals surface area contributed by atoms with E-state index in [1.807, 2.05) is 0 Å². The summed E-state index contributed by atoms with van der Waals surface area (Å²) < 4.78 is 43.0. The molecule has 0 fully saturated rings. The lowest BCUT2D eigenvalue weighted by atomic mass is 10.1. The number of hydrogen-bond acceptors (Lipinski definition) is 7. The summed E-state index contributed by atoms with van der Waals surface area (Å²) in [5, 5.41) is 11.3. The molecule has 1 unspecified atom stereocenters. The molecular formula is C10H11F3N4O5. The normalized spacial score (nSPS) is 20.6. The van der Waals surface area contributed by atoms with E-state index in [2.05, 4.69) is 9.82 Å². The second kappa shape index (κ2) is 5.12. The molecule has 9 nitrogen and oxygen atoms in total. The van der Waals surface area contributed by atoms with Gasteiger partial charge in [0.25, 0.3) is 0 Å². The molecule has 1 aromatic rings. The SMILES string of the molecule is CN(CC1(C)Cn2cc([N+](=O)[O-])nc2O1)OC(=O)C(F)(F)F. The third kappa shape index (κ3) is 3.27. The van der Waals surface area contributed by atoms with Gasteiger partial charge in [-0.2, -0.15) is 13.2 Å². The second-order valence-corrected chi connectivity index (χ2v) is 4.98. The molecule has 0 spiro atoms. The van der Waals surface area contributed by atoms with Gasteiger partial charge in [0.2, 0.25) is 0 Å². The van der Waals surface area contributed by atoms with Gasteiger partial charge in [-0.1, -0.05) is 0 Å². The van der Waals surface area contributed by atoms with Crippen LogP contribution in [-0.4, -0.2) is 50.9 Å². The number of likely N-dealkylation sites (N-methyl/N-ethyl adjacent to an activating group) is 1. The minimum Gasteiger partial charge on any atom is -0.436 e. The molecular weight excluding hydrogens is 313 g/mol. The summed E-state index contributed by atoms with van der Waals surface area (Å²) in [6, 6.07) is -0.0234. The highest BCUT2D eigenvalue weighted by molar-refractivity contribution is 5.75. The molecule has 1 atom stereocenters. The van der Waals surface area contributed by atoms with Gasteiger partial charge in [-0.3, -0.25) is 4.57 Å². The number of nitro groups is 1. The molecule has 0 aliphatic carbocycles. The lowest BCUT2D eigenvalue weighted by Gasteiger charge is -2.27. The number of ether oxygens (including phenoxy) is 1. The molecule has 2 rings (SSSR count). The molecule has 0 amide bonds. The van der Waals surface area contributed by atoms with E-state index in [4.69, 9.17) is 4.74 Å². The number of aromatic nitrogens is 2. The maximum absolute atomic E-state index is 12.1. The molecule has 1 aliphatic rings. The van der Waals surface area contributed by atoms with Crippen molar-refractivity contribution in [1.82, 2.24) is 14.6 Å². The van der Waals surface area contributed by atoms with Gasteiger partial charge in [0.05, 0.1) is 13.1 Å². The molecule has 0 saturated heterocycles. The van der Waals surface area contributed by atoms with E-state index >= 15 is 0 Å². The van der Waals surface area contributed by atoms with E-state index < -0.39 is 28.5 Å². The number of rotatable bonds is 4. The predicted molar refractivity (Wildman–Crippen MR) is 62.7 cm³/mol. The fourth-order valence-corrected chi connectivity index (χ4v) is 2.06. The van der Waals surface area contributed by atoms with Crippen LogP contribution in [0.15, 0.2) is 6.20 Å². The van der Waals surface area contributed by atoms with Crippen LogP contribution in [0.5, 0.6) is 6.01 Å². The quantitative estimate of drug-likeness (QED) is 0.599. The van der Waals surface area contributed by atoms with Crippen LogP contribution in [0.4, 0.5) is 19.0 Å². The van der Waals surface area contributed by atoms with Crippen LogP contribution in [0, 0.1) is 10.1 Å². The summed E-state index contributed by atoms with van der Waals surface area (Å²) in [5.41, 5.74) is -1.04. The zero-order chi connectivity index (χ0) is 16.7. The van der Waals surface area contributed by atoms with Gasteiger partial charge in [-0.15, -0.1) is 5.06 Å². The van der Waals surface area contributed by atoms with Crippen LogP contribution in [0.3, 0.4) is 0 Å². The number of nitrogens with zero attached hydrogens (tertiary/aromatic N) is 4. The van der Waals surface area contributed by atoms with E-state index in [1.165, 1.54) is 4.57 Å². The van der Waals surface area contributed by atoms with Crippen molar-refractivity contribution < 1.29 is 32.5 Å². The van der Waals surface area contributed by atoms with Crippen LogP contribution in [-0.2, 0) is 16.2 Å². The maximum Gasteiger partial charge on any atom is 0.492 e. The molecule has 1 aromatic heterocycles. The Kier molecular flexibility index (Phi) is 3.73. The van der Waals surface area contributed by atoms with Crippen LogP contribution >= 0.6 is 0 Å². The minimum atomic E-state index is -5.10. The van der Waals surface area contributed by atoms with Crippen molar-refractivity contribution in [3.63, 3.8) is 0 Å². The van der Waals surface area contributed by atoms with Gasteiger partial charge < -0.3 is 19.7 Å². The molecule has 122 valence electrons. The molecule has 22 heavy (non-hydrogen) atoms. The van der Waals surface area contributed by atoms with E-state index in [-0.39, 0.29) is 19.1 Å². The van der Waals surface area contributed by atoms with E-state index in [1.54, 1.807) is 6.92 Å². The first-order valence-corrected chi connectivity index (χ1v) is 5.91. The fraction of sp³-hybridized carbons (Fsp3) is 0.600. The Morgan fingerprint density at radius 2 is 2.32 bits per heavy atom. The van der Waals surface area contributed by atoms with Crippen molar-refractivity contribution in [3.8, 4) is 6.01 Å². The zero-order valence-corrected chi connectivity index (χ0v) is 11.5. The van der Waals surface area contributed by atoms with Gasteiger partial charge in [0, 0.05) is 12.0 Å². The van der Waals surface area contributed by atoms with Crippen molar-refractivity contribution >= 4 is 11.8 Å². The van der Waals surface area contributed by atoms with Gasteiger partial charge in [0.1, 0.15) is 11.8 Å². The van der Waals surface area contributed by atoms with Crippen LogP contribution < -0.4 is 4.74 Å². The number of hydroxylamine groups is 2. The predicted octanol–water partition coefficient (Wildman–Crippen LogP) is 0.895. The number of fused-ring (bicyclic) bond motifs is 1. The zero-order valence-electron chi connectivity index (χ0n) is 11.5. The Morgan fingerprint density at radius 1 is 1.68 bits per heavy atom. The molecule has 2 heterocycles. The number of halogens is 3. The number of carbonyl (C=O) groups excluding carboxylic acids is 1. The van der Waals surface area contributed by atoms with Gasteiger partial charge >= 0.3 is 24.0 Å². The average Bonchev–Trinajstić information content (AvgIpc) is 2.81. The Balaban J connectivity index is 1.98. The largest absolute Gasteiger partial charge is 0.492 e. The van der Waals surface area contributed by atoms with Crippen molar-refractivity contribution in [2.45, 2.75) is 25.2 Å². The molecule has 0 bridgehead atoms. The highest BCUT2D eigenvalue weighted by Gasteiger charge is 2.45. The lowest BCUT2D eigenvalue weighted by Crippen LogP contribution is -2.45. The molecule has 0 aromatic carbocycles. The van der Waals surface area contributed by atoms with Crippen molar-refractivity contribution in [3.05, 3.63) is 16.3 Å². The number of imidazole rings is 1. The smallest absolute Gasteiger partial charge is 0.436 e. The van der Waals surface area contributed by atoms with Crippen molar-refractivity contribution in [2.75, 3.05) is 13.6 Å². The van der Waals surface area contributed by atoms with E-state index in [9.17, 15) is 28.1 Å². The summed E-state index contributed by atoms with van der Waals surface area (Å²) >= 11 is 0. The molecule has 0 radical (unpaired) electrons. The third-order valence-corrected chi connectivity index (χ3v) is 2.78.